The first-order valence-electron chi connectivity index (χ1n) is 3.50. The zero-order valence-electron chi connectivity index (χ0n) is 6.21. The molecule has 1 unspecified atom stereocenters. The van der Waals surface area contributed by atoms with Crippen molar-refractivity contribution in [3.8, 4) is 6.07 Å². The van der Waals surface area contributed by atoms with Crippen LogP contribution in [0, 0.1) is 11.3 Å². The van der Waals surface area contributed by atoms with E-state index in [0.29, 0.717) is 6.42 Å². The molecule has 1 atom stereocenters. The molecule has 0 bridgehead atoms. The molecular weight excluding hydrogens is 128 g/mol. The minimum Gasteiger partial charge on any atom is -0.374 e. The van der Waals surface area contributed by atoms with E-state index in [9.17, 15) is 0 Å². The van der Waals surface area contributed by atoms with E-state index in [1.54, 1.807) is 0 Å². The molecule has 0 amide bonds. The van der Waals surface area contributed by atoms with Crippen molar-refractivity contribution in [2.45, 2.75) is 12.5 Å². The number of morpholine rings is 1. The third-order valence-electron chi connectivity index (χ3n) is 1.66. The topological polar surface area (TPSA) is 36.3 Å². The van der Waals surface area contributed by atoms with E-state index in [4.69, 9.17) is 10.00 Å². The molecule has 1 heterocycles. The molecule has 1 rings (SSSR count). The van der Waals surface area contributed by atoms with Crippen molar-refractivity contribution in [2.75, 3.05) is 26.7 Å². The molecule has 0 radical (unpaired) electrons. The average Bonchev–Trinajstić information content (AvgIpc) is 1.88. The van der Waals surface area contributed by atoms with Crippen LogP contribution in [0.2, 0.25) is 0 Å². The number of likely N-dealkylation sites (N-methyl/N-ethyl adjacent to an activating group) is 1. The highest BCUT2D eigenvalue weighted by Crippen LogP contribution is 2.05. The summed E-state index contributed by atoms with van der Waals surface area (Å²) in [4.78, 5) is 2.19. The van der Waals surface area contributed by atoms with Crippen LogP contribution in [0.4, 0.5) is 0 Å². The molecule has 1 aliphatic heterocycles. The van der Waals surface area contributed by atoms with Crippen molar-refractivity contribution in [3.63, 3.8) is 0 Å². The van der Waals surface area contributed by atoms with Gasteiger partial charge in [0.1, 0.15) is 0 Å². The van der Waals surface area contributed by atoms with Gasteiger partial charge in [0.2, 0.25) is 0 Å². The van der Waals surface area contributed by atoms with Crippen LogP contribution in [0.25, 0.3) is 0 Å². The summed E-state index contributed by atoms with van der Waals surface area (Å²) in [5.41, 5.74) is 0. The van der Waals surface area contributed by atoms with Crippen LogP contribution in [0.5, 0.6) is 0 Å². The molecular formula is C7H12N2O. The van der Waals surface area contributed by atoms with Crippen molar-refractivity contribution >= 4 is 0 Å². The van der Waals surface area contributed by atoms with E-state index in [0.717, 1.165) is 19.7 Å². The van der Waals surface area contributed by atoms with Crippen LogP contribution in [0.15, 0.2) is 0 Å². The number of nitriles is 1. The van der Waals surface area contributed by atoms with Gasteiger partial charge in [-0.3, -0.25) is 0 Å². The quantitative estimate of drug-likeness (QED) is 0.523. The molecule has 10 heavy (non-hydrogen) atoms. The Labute approximate surface area is 61.2 Å². The van der Waals surface area contributed by atoms with E-state index in [2.05, 4.69) is 11.0 Å². The zero-order valence-corrected chi connectivity index (χ0v) is 6.21. The van der Waals surface area contributed by atoms with Gasteiger partial charge in [0.05, 0.1) is 25.2 Å². The Morgan fingerprint density at radius 3 is 3.20 bits per heavy atom. The Morgan fingerprint density at radius 1 is 1.80 bits per heavy atom. The third-order valence-corrected chi connectivity index (χ3v) is 1.66. The predicted octanol–water partition coefficient (Wildman–Crippen LogP) is 0.231. The molecule has 0 spiro atoms. The van der Waals surface area contributed by atoms with Gasteiger partial charge >= 0.3 is 0 Å². The van der Waals surface area contributed by atoms with Gasteiger partial charge in [0.25, 0.3) is 0 Å². The van der Waals surface area contributed by atoms with Gasteiger partial charge < -0.3 is 9.64 Å². The van der Waals surface area contributed by atoms with Crippen LogP contribution in [0.1, 0.15) is 6.42 Å². The maximum atomic E-state index is 8.36. The highest BCUT2D eigenvalue weighted by molar-refractivity contribution is 4.80. The van der Waals surface area contributed by atoms with Gasteiger partial charge in [0.15, 0.2) is 0 Å². The zero-order chi connectivity index (χ0) is 7.40. The summed E-state index contributed by atoms with van der Waals surface area (Å²) >= 11 is 0. The first kappa shape index (κ1) is 7.52. The lowest BCUT2D eigenvalue weighted by molar-refractivity contribution is -0.0163. The summed E-state index contributed by atoms with van der Waals surface area (Å²) in [6.07, 6.45) is 0.661. The maximum Gasteiger partial charge on any atom is 0.0832 e. The summed E-state index contributed by atoms with van der Waals surface area (Å²) in [6.45, 7) is 2.65. The highest BCUT2D eigenvalue weighted by atomic mass is 16.5. The number of nitrogens with zero attached hydrogens (tertiary/aromatic N) is 2. The first-order valence-corrected chi connectivity index (χ1v) is 3.50. The smallest absolute Gasteiger partial charge is 0.0832 e. The highest BCUT2D eigenvalue weighted by Gasteiger charge is 2.16. The monoisotopic (exact) mass is 140 g/mol. The Morgan fingerprint density at radius 2 is 2.60 bits per heavy atom. The SMILES string of the molecule is CN1CCOC(CC#N)C1. The molecule has 0 aromatic heterocycles. The first-order chi connectivity index (χ1) is 4.83. The Kier molecular flexibility index (Phi) is 2.67. The third kappa shape index (κ3) is 1.98. The van der Waals surface area contributed by atoms with Gasteiger partial charge in [-0.05, 0) is 7.05 Å². The predicted molar refractivity (Wildman–Crippen MR) is 37.5 cm³/mol. The van der Waals surface area contributed by atoms with Gasteiger partial charge in [-0.15, -0.1) is 0 Å². The molecule has 3 heteroatoms. The van der Waals surface area contributed by atoms with Gasteiger partial charge in [-0.1, -0.05) is 0 Å². The summed E-state index contributed by atoms with van der Waals surface area (Å²) in [7, 11) is 2.05. The molecule has 0 aromatic carbocycles. The van der Waals surface area contributed by atoms with Gasteiger partial charge in [-0.25, -0.2) is 0 Å². The fraction of sp³-hybridized carbons (Fsp3) is 0.857. The van der Waals surface area contributed by atoms with E-state index in [-0.39, 0.29) is 6.10 Å². The van der Waals surface area contributed by atoms with E-state index < -0.39 is 0 Å². The number of rotatable bonds is 1. The molecule has 3 nitrogen and oxygen atoms in total. The number of hydrogen-bond acceptors (Lipinski definition) is 3. The largest absolute Gasteiger partial charge is 0.374 e. The number of hydrogen-bond donors (Lipinski definition) is 0. The molecule has 0 aromatic rings. The second-order valence-corrected chi connectivity index (χ2v) is 2.62. The summed E-state index contributed by atoms with van der Waals surface area (Å²) < 4.78 is 5.32. The fourth-order valence-corrected chi connectivity index (χ4v) is 1.09. The average molecular weight is 140 g/mol. The fourth-order valence-electron chi connectivity index (χ4n) is 1.09. The van der Waals surface area contributed by atoms with Gasteiger partial charge in [-0.2, -0.15) is 5.26 Å². The molecule has 56 valence electrons. The summed E-state index contributed by atoms with van der Waals surface area (Å²) in [6, 6.07) is 2.11. The molecule has 1 aliphatic rings. The van der Waals surface area contributed by atoms with Crippen LogP contribution >= 0.6 is 0 Å². The second-order valence-electron chi connectivity index (χ2n) is 2.62. The Hall–Kier alpha value is -0.590. The lowest BCUT2D eigenvalue weighted by Crippen LogP contribution is -2.39. The molecule has 1 fully saturated rings. The van der Waals surface area contributed by atoms with Crippen molar-refractivity contribution in [3.05, 3.63) is 0 Å². The van der Waals surface area contributed by atoms with Crippen LogP contribution in [-0.4, -0.2) is 37.7 Å². The standard InChI is InChI=1S/C7H12N2O/c1-9-4-5-10-7(6-9)2-3-8/h7H,2,4-6H2,1H3. The Bertz CT molecular complexity index is 141. The summed E-state index contributed by atoms with van der Waals surface area (Å²) in [5, 5.41) is 8.36. The normalized spacial score (nSPS) is 27.8. The molecule has 0 aliphatic carbocycles. The van der Waals surface area contributed by atoms with Crippen molar-refractivity contribution < 1.29 is 4.74 Å². The lowest BCUT2D eigenvalue weighted by Gasteiger charge is -2.28. The van der Waals surface area contributed by atoms with E-state index in [1.807, 2.05) is 7.05 Å². The van der Waals surface area contributed by atoms with Crippen molar-refractivity contribution in [1.29, 1.82) is 5.26 Å². The van der Waals surface area contributed by atoms with Crippen LogP contribution < -0.4 is 0 Å². The van der Waals surface area contributed by atoms with Crippen LogP contribution in [0.3, 0.4) is 0 Å². The van der Waals surface area contributed by atoms with E-state index in [1.165, 1.54) is 0 Å². The lowest BCUT2D eigenvalue weighted by atomic mass is 10.2. The molecule has 0 saturated carbocycles. The minimum atomic E-state index is 0.142. The summed E-state index contributed by atoms with van der Waals surface area (Å²) in [5.74, 6) is 0. The van der Waals surface area contributed by atoms with Gasteiger partial charge in [0, 0.05) is 13.1 Å². The van der Waals surface area contributed by atoms with Crippen LogP contribution in [-0.2, 0) is 4.74 Å². The minimum absolute atomic E-state index is 0.142. The Balaban J connectivity index is 2.27. The number of ether oxygens (including phenoxy) is 1. The molecule has 1 saturated heterocycles. The van der Waals surface area contributed by atoms with E-state index >= 15 is 0 Å². The maximum absolute atomic E-state index is 8.36. The van der Waals surface area contributed by atoms with Crippen molar-refractivity contribution in [1.82, 2.24) is 4.90 Å². The molecule has 0 N–H and O–H groups in total. The second kappa shape index (κ2) is 3.55. The van der Waals surface area contributed by atoms with Crippen molar-refractivity contribution in [2.24, 2.45) is 0 Å².